The summed E-state index contributed by atoms with van der Waals surface area (Å²) in [5.41, 5.74) is -1.08. The molecule has 0 heterocycles. The van der Waals surface area contributed by atoms with Crippen LogP contribution in [0.15, 0.2) is 0 Å². The van der Waals surface area contributed by atoms with Gasteiger partial charge in [-0.1, -0.05) is 0 Å². The largest absolute Gasteiger partial charge is 0.422 e. The minimum absolute atomic E-state index is 2.44. The number of halogens is 10. The molecule has 11 heteroatoms. The quantitative estimate of drug-likeness (QED) is 0.476. The number of alkyl halides is 6. The Hall–Kier alpha value is -1.52. The van der Waals surface area contributed by atoms with Crippen molar-refractivity contribution in [3.63, 3.8) is 0 Å². The molecule has 1 nitrogen and oxygen atoms in total. The van der Waals surface area contributed by atoms with Crippen LogP contribution in [0.5, 0.6) is 0 Å². The third-order valence-electron chi connectivity index (χ3n) is 2.24. The second kappa shape index (κ2) is 4.79. The molecule has 0 unspecified atom stereocenters. The standard InChI is InChI=1S/C9H3F10N/c10-3-1(7(20)9(17,18)19)4(11)6(13)5(12)2(3)8(14,15)16/h7H,20H2/t7-/m1/s1. The van der Waals surface area contributed by atoms with Crippen LogP contribution in [0.3, 0.4) is 0 Å². The number of hydrogen-bond donors (Lipinski definition) is 1. The minimum Gasteiger partial charge on any atom is -0.316 e. The molecule has 0 fully saturated rings. The van der Waals surface area contributed by atoms with Crippen LogP contribution in [-0.2, 0) is 6.18 Å². The Kier molecular flexibility index (Phi) is 3.96. The van der Waals surface area contributed by atoms with E-state index in [1.807, 2.05) is 0 Å². The molecule has 0 saturated heterocycles. The molecule has 0 aliphatic carbocycles. The van der Waals surface area contributed by atoms with Crippen molar-refractivity contribution < 1.29 is 43.9 Å². The van der Waals surface area contributed by atoms with Gasteiger partial charge in [-0.2, -0.15) is 26.3 Å². The first-order valence-electron chi connectivity index (χ1n) is 4.55. The molecule has 1 aromatic rings. The monoisotopic (exact) mass is 315 g/mol. The lowest BCUT2D eigenvalue weighted by atomic mass is 10.0. The first-order chi connectivity index (χ1) is 8.80. The van der Waals surface area contributed by atoms with Crippen LogP contribution in [0.1, 0.15) is 17.2 Å². The Morgan fingerprint density at radius 2 is 1.15 bits per heavy atom. The zero-order chi connectivity index (χ0) is 16.0. The molecule has 0 aliphatic heterocycles. The summed E-state index contributed by atoms with van der Waals surface area (Å²) in [7, 11) is 0. The number of hydrogen-bond acceptors (Lipinski definition) is 1. The van der Waals surface area contributed by atoms with E-state index in [9.17, 15) is 43.9 Å². The number of rotatable bonds is 1. The third kappa shape index (κ3) is 2.67. The molecule has 0 aromatic heterocycles. The maximum Gasteiger partial charge on any atom is 0.422 e. The van der Waals surface area contributed by atoms with Gasteiger partial charge in [0.05, 0.1) is 5.56 Å². The molecular formula is C9H3F10N. The van der Waals surface area contributed by atoms with E-state index in [2.05, 4.69) is 5.73 Å². The van der Waals surface area contributed by atoms with Crippen molar-refractivity contribution >= 4 is 0 Å². The molecule has 0 aliphatic rings. The summed E-state index contributed by atoms with van der Waals surface area (Å²) in [6.45, 7) is 0. The van der Waals surface area contributed by atoms with Gasteiger partial charge in [0, 0.05) is 0 Å². The van der Waals surface area contributed by atoms with E-state index in [0.717, 1.165) is 0 Å². The fourth-order valence-electron chi connectivity index (χ4n) is 1.34. The molecule has 0 spiro atoms. The normalized spacial score (nSPS) is 14.6. The average molecular weight is 315 g/mol. The Balaban J connectivity index is 3.76. The van der Waals surface area contributed by atoms with E-state index < -0.39 is 52.8 Å². The molecular weight excluding hydrogens is 312 g/mol. The molecule has 20 heavy (non-hydrogen) atoms. The lowest BCUT2D eigenvalue weighted by molar-refractivity contribution is -0.153. The van der Waals surface area contributed by atoms with Crippen molar-refractivity contribution in [1.29, 1.82) is 0 Å². The molecule has 0 amide bonds. The highest BCUT2D eigenvalue weighted by Crippen LogP contribution is 2.41. The summed E-state index contributed by atoms with van der Waals surface area (Å²) < 4.78 is 126. The third-order valence-corrected chi connectivity index (χ3v) is 2.24. The number of nitrogens with two attached hydrogens (primary N) is 1. The Morgan fingerprint density at radius 1 is 0.700 bits per heavy atom. The molecule has 2 N–H and O–H groups in total. The van der Waals surface area contributed by atoms with Crippen LogP contribution < -0.4 is 5.73 Å². The van der Waals surface area contributed by atoms with E-state index in [0.29, 0.717) is 0 Å². The predicted octanol–water partition coefficient (Wildman–Crippen LogP) is 3.82. The smallest absolute Gasteiger partial charge is 0.316 e. The average Bonchev–Trinajstić information content (AvgIpc) is 2.23. The van der Waals surface area contributed by atoms with Crippen molar-refractivity contribution in [3.05, 3.63) is 34.4 Å². The molecule has 1 rings (SSSR count). The topological polar surface area (TPSA) is 26.0 Å². The van der Waals surface area contributed by atoms with Crippen LogP contribution >= 0.6 is 0 Å². The van der Waals surface area contributed by atoms with E-state index in [1.165, 1.54) is 0 Å². The molecule has 0 saturated carbocycles. The molecule has 1 aromatic carbocycles. The zero-order valence-electron chi connectivity index (χ0n) is 8.93. The summed E-state index contributed by atoms with van der Waals surface area (Å²) in [6, 6.07) is -3.58. The Labute approximate surface area is 104 Å². The fourth-order valence-corrected chi connectivity index (χ4v) is 1.34. The van der Waals surface area contributed by atoms with E-state index in [-0.39, 0.29) is 0 Å². The van der Waals surface area contributed by atoms with Gasteiger partial charge in [-0.25, -0.2) is 17.6 Å². The van der Waals surface area contributed by atoms with Crippen molar-refractivity contribution in [1.82, 2.24) is 0 Å². The highest BCUT2D eigenvalue weighted by Gasteiger charge is 2.47. The van der Waals surface area contributed by atoms with Crippen LogP contribution in [0.2, 0.25) is 0 Å². The van der Waals surface area contributed by atoms with Crippen molar-refractivity contribution in [2.75, 3.05) is 0 Å². The van der Waals surface area contributed by atoms with Crippen molar-refractivity contribution in [2.24, 2.45) is 5.73 Å². The number of benzene rings is 1. The summed E-state index contributed by atoms with van der Waals surface area (Å²) in [5.74, 6) is -11.6. The Bertz CT molecular complexity index is 529. The van der Waals surface area contributed by atoms with Crippen molar-refractivity contribution in [3.8, 4) is 0 Å². The van der Waals surface area contributed by atoms with Crippen molar-refractivity contribution in [2.45, 2.75) is 18.4 Å². The van der Waals surface area contributed by atoms with Gasteiger partial charge in [-0.05, 0) is 0 Å². The minimum atomic E-state index is -5.87. The van der Waals surface area contributed by atoms with E-state index in [4.69, 9.17) is 0 Å². The van der Waals surface area contributed by atoms with Crippen LogP contribution in [0.25, 0.3) is 0 Å². The van der Waals surface area contributed by atoms with Gasteiger partial charge in [-0.15, -0.1) is 0 Å². The Morgan fingerprint density at radius 3 is 1.50 bits per heavy atom. The molecule has 0 bridgehead atoms. The summed E-state index contributed by atoms with van der Waals surface area (Å²) in [4.78, 5) is 0. The highest BCUT2D eigenvalue weighted by molar-refractivity contribution is 5.34. The van der Waals surface area contributed by atoms with Crippen LogP contribution in [0, 0.1) is 23.3 Å². The first-order valence-corrected chi connectivity index (χ1v) is 4.55. The summed E-state index contributed by atoms with van der Waals surface area (Å²) >= 11 is 0. The molecule has 0 radical (unpaired) electrons. The zero-order valence-corrected chi connectivity index (χ0v) is 8.93. The van der Waals surface area contributed by atoms with Gasteiger partial charge < -0.3 is 5.73 Å². The summed E-state index contributed by atoms with van der Waals surface area (Å²) in [5, 5.41) is 0. The predicted molar refractivity (Wildman–Crippen MR) is 44.3 cm³/mol. The van der Waals surface area contributed by atoms with E-state index >= 15 is 0 Å². The van der Waals surface area contributed by atoms with E-state index in [1.54, 1.807) is 0 Å². The molecule has 114 valence electrons. The second-order valence-electron chi connectivity index (χ2n) is 3.56. The summed E-state index contributed by atoms with van der Waals surface area (Å²) in [6.07, 6.45) is -11.4. The fraction of sp³-hybridized carbons (Fsp3) is 0.333. The van der Waals surface area contributed by atoms with Gasteiger partial charge in [0.25, 0.3) is 0 Å². The molecule has 1 atom stereocenters. The van der Waals surface area contributed by atoms with Gasteiger partial charge >= 0.3 is 12.4 Å². The van der Waals surface area contributed by atoms with Crippen LogP contribution in [-0.4, -0.2) is 6.18 Å². The van der Waals surface area contributed by atoms with Gasteiger partial charge in [0.2, 0.25) is 0 Å². The van der Waals surface area contributed by atoms with Gasteiger partial charge in [-0.3, -0.25) is 0 Å². The lowest BCUT2D eigenvalue weighted by Gasteiger charge is -2.20. The second-order valence-corrected chi connectivity index (χ2v) is 3.56. The maximum atomic E-state index is 13.3. The highest BCUT2D eigenvalue weighted by atomic mass is 19.4. The van der Waals surface area contributed by atoms with Gasteiger partial charge in [0.1, 0.15) is 17.4 Å². The first kappa shape index (κ1) is 16.5. The van der Waals surface area contributed by atoms with Crippen LogP contribution in [0.4, 0.5) is 43.9 Å². The SMILES string of the molecule is N[C@H](c1c(F)c(F)c(F)c(C(F)(F)F)c1F)C(F)(F)F. The maximum absolute atomic E-state index is 13.3. The lowest BCUT2D eigenvalue weighted by Crippen LogP contribution is -2.32. The van der Waals surface area contributed by atoms with Gasteiger partial charge in [0.15, 0.2) is 17.5 Å².